The average molecular weight is 1330 g/mol. The van der Waals surface area contributed by atoms with Gasteiger partial charge in [0.2, 0.25) is 0 Å². The Bertz CT molecular complexity index is 3630. The first-order chi connectivity index (χ1) is 43.9. The highest BCUT2D eigenvalue weighted by Crippen LogP contribution is 2.25. The number of H-pyrrole nitrogens is 4. The smallest absolute Gasteiger partial charge is 0.250 e. The van der Waals surface area contributed by atoms with Crippen molar-refractivity contribution in [3.63, 3.8) is 0 Å². The molecule has 0 radical (unpaired) electrons. The molecule has 13 N–H and O–H groups in total. The molecule has 4 amide bonds. The lowest BCUT2D eigenvalue weighted by Crippen LogP contribution is -2.32. The first kappa shape index (κ1) is 71.9. The van der Waals surface area contributed by atoms with Gasteiger partial charge in [-0.25, -0.2) is 19.9 Å². The SMILES string of the molecule is CCCCCCCSCc1nc2c(C(N)=O)cccc2[nH]1.CCCCNCCSCc1nc2c(C(N)=O)cccc2[nH]1.Cl.NC(=O)c1cccc2[nH]c(CSCCN3CCCCC3)nc12.NC(=O)c1cccc2[nH]c(CSCCN3CCc4ccccc4C3)nc12. The number of likely N-dealkylation sites (tertiary alicyclic amines) is 1. The number of carbonyl (C=O) groups excluding carboxylic acids is 4. The molecule has 0 aliphatic carbocycles. The Morgan fingerprint density at radius 1 is 0.440 bits per heavy atom. The van der Waals surface area contributed by atoms with Crippen molar-refractivity contribution in [3.05, 3.63) is 154 Å². The van der Waals surface area contributed by atoms with Crippen LogP contribution in [0.5, 0.6) is 0 Å². The van der Waals surface area contributed by atoms with Crippen molar-refractivity contribution in [2.45, 2.75) is 114 Å². The Labute approximate surface area is 557 Å². The van der Waals surface area contributed by atoms with E-state index in [9.17, 15) is 19.2 Å². The van der Waals surface area contributed by atoms with E-state index in [1.54, 1.807) is 24.3 Å². The van der Waals surface area contributed by atoms with Crippen molar-refractivity contribution in [2.24, 2.45) is 22.9 Å². The van der Waals surface area contributed by atoms with Crippen LogP contribution in [-0.4, -0.2) is 142 Å². The lowest BCUT2D eigenvalue weighted by Gasteiger charge is -2.28. The molecule has 11 rings (SSSR count). The number of unbranched alkanes of at least 4 members (excludes halogenated alkanes) is 5. The van der Waals surface area contributed by atoms with Crippen LogP contribution in [0.4, 0.5) is 0 Å². The number of nitrogens with two attached hydrogens (primary N) is 4. The molecule has 0 bridgehead atoms. The summed E-state index contributed by atoms with van der Waals surface area (Å²) in [6.45, 7) is 13.4. The van der Waals surface area contributed by atoms with Gasteiger partial charge in [-0.15, -0.1) is 12.4 Å². The monoisotopic (exact) mass is 1330 g/mol. The number of hydrogen-bond acceptors (Lipinski definition) is 15. The second-order valence-electron chi connectivity index (χ2n) is 22.4. The van der Waals surface area contributed by atoms with Crippen LogP contribution in [-0.2, 0) is 36.0 Å². The highest BCUT2D eigenvalue weighted by molar-refractivity contribution is 7.99. The molecule has 6 heterocycles. The molecule has 24 heteroatoms. The van der Waals surface area contributed by atoms with E-state index in [1.807, 2.05) is 95.6 Å². The van der Waals surface area contributed by atoms with Crippen LogP contribution in [0.2, 0.25) is 0 Å². The van der Waals surface area contributed by atoms with Gasteiger partial charge in [0.1, 0.15) is 45.4 Å². The van der Waals surface area contributed by atoms with E-state index >= 15 is 0 Å². The normalized spacial score (nSPS) is 13.2. The van der Waals surface area contributed by atoms with Crippen LogP contribution in [0.15, 0.2) is 97.1 Å². The van der Waals surface area contributed by atoms with Crippen LogP contribution >= 0.6 is 59.5 Å². The summed E-state index contributed by atoms with van der Waals surface area (Å²) in [6, 6.07) is 30.6. The molecule has 1 fully saturated rings. The van der Waals surface area contributed by atoms with Gasteiger partial charge >= 0.3 is 0 Å². The molecule has 2 aliphatic rings. The number of primary amides is 4. The number of rotatable bonds is 30. The second-order valence-corrected chi connectivity index (χ2v) is 26.8. The van der Waals surface area contributed by atoms with E-state index in [2.05, 4.69) is 93.1 Å². The predicted octanol–water partition coefficient (Wildman–Crippen LogP) is 11.9. The van der Waals surface area contributed by atoms with Crippen molar-refractivity contribution < 1.29 is 19.2 Å². The summed E-state index contributed by atoms with van der Waals surface area (Å²) in [5.41, 5.74) is 32.6. The van der Waals surface area contributed by atoms with E-state index in [0.717, 1.165) is 137 Å². The highest BCUT2D eigenvalue weighted by Gasteiger charge is 2.18. The van der Waals surface area contributed by atoms with Gasteiger partial charge < -0.3 is 53.1 Å². The number of benzene rings is 5. The second kappa shape index (κ2) is 38.4. The van der Waals surface area contributed by atoms with Crippen molar-refractivity contribution >= 4 is 127 Å². The number of nitrogens with one attached hydrogen (secondary N) is 5. The standard InChI is InChI=1S/C20H22N4OS.C16H22N4OS.C16H23N3OS.C15H22N4OS.ClH/c21-20(25)16-6-3-7-17-19(16)23-18(22-17)13-26-11-10-24-9-8-14-4-1-2-5-15(14)12-24;17-16(21)12-5-4-6-13-15(12)19-14(18-13)11-22-10-9-20-7-2-1-3-8-20;1-2-3-4-5-6-10-21-11-14-18-13-9-7-8-12(16(17)20)15(13)19-14;1-2-3-7-17-8-9-21-10-13-18-12-6-4-5-11(15(16)20)14(12)19-13;/h1-7H,8-13H2,(H2,21,25)(H,22,23);4-6H,1-3,7-11H2,(H2,17,21)(H,18,19);7-9H,2-6,10-11H2,1H3,(H2,17,20)(H,18,19);4-6,17H,2-3,7-10H2,1H3,(H2,16,20)(H,18,19);1H. The zero-order valence-corrected chi connectivity index (χ0v) is 56.6. The number of halogens is 1. The van der Waals surface area contributed by atoms with Crippen LogP contribution < -0.4 is 28.3 Å². The van der Waals surface area contributed by atoms with Crippen LogP contribution in [0.25, 0.3) is 44.1 Å². The van der Waals surface area contributed by atoms with Gasteiger partial charge in [0.25, 0.3) is 23.6 Å². The van der Waals surface area contributed by atoms with Crippen molar-refractivity contribution in [3.8, 4) is 0 Å². The van der Waals surface area contributed by atoms with E-state index in [-0.39, 0.29) is 12.4 Å². The van der Waals surface area contributed by atoms with Gasteiger partial charge in [0.15, 0.2) is 0 Å². The Hall–Kier alpha value is -6.57. The summed E-state index contributed by atoms with van der Waals surface area (Å²) in [4.78, 5) is 81.9. The molecule has 91 heavy (non-hydrogen) atoms. The molecule has 0 saturated carbocycles. The fraction of sp³-hybridized carbons (Fsp3) is 0.433. The minimum absolute atomic E-state index is 0. The molecule has 2 aliphatic heterocycles. The maximum absolute atomic E-state index is 11.5. The molecule has 9 aromatic rings. The predicted molar refractivity (Wildman–Crippen MR) is 383 cm³/mol. The Morgan fingerprint density at radius 2 is 0.835 bits per heavy atom. The summed E-state index contributed by atoms with van der Waals surface area (Å²) in [6.07, 6.45) is 14.2. The summed E-state index contributed by atoms with van der Waals surface area (Å²) >= 11 is 7.44. The third kappa shape index (κ3) is 22.3. The third-order valence-corrected chi connectivity index (χ3v) is 19.5. The van der Waals surface area contributed by atoms with E-state index < -0.39 is 23.6 Å². The van der Waals surface area contributed by atoms with Crippen LogP contribution in [0.3, 0.4) is 0 Å². The fourth-order valence-electron chi connectivity index (χ4n) is 10.8. The van der Waals surface area contributed by atoms with Gasteiger partial charge in [0, 0.05) is 50.0 Å². The number of aromatic nitrogens is 8. The molecule has 0 spiro atoms. The largest absolute Gasteiger partial charge is 0.366 e. The zero-order valence-electron chi connectivity index (χ0n) is 52.5. The van der Waals surface area contributed by atoms with Gasteiger partial charge in [-0.05, 0) is 117 Å². The summed E-state index contributed by atoms with van der Waals surface area (Å²) in [5.74, 6) is 9.53. The molecular formula is C67H90ClN15O4S4. The maximum Gasteiger partial charge on any atom is 0.250 e. The number of fused-ring (bicyclic) bond motifs is 5. The average Bonchev–Trinajstić information content (AvgIpc) is 2.79. The lowest BCUT2D eigenvalue weighted by molar-refractivity contribution is 0.0993. The number of amides is 4. The summed E-state index contributed by atoms with van der Waals surface area (Å²) in [5, 5.41) is 3.41. The van der Waals surface area contributed by atoms with Crippen LogP contribution in [0, 0.1) is 0 Å². The molecule has 4 aromatic heterocycles. The molecule has 1 saturated heterocycles. The topological polar surface area (TPSA) is 306 Å². The lowest BCUT2D eigenvalue weighted by atomic mass is 10.0. The molecular weight excluding hydrogens is 1240 g/mol. The van der Waals surface area contributed by atoms with Gasteiger partial charge in [-0.3, -0.25) is 24.1 Å². The van der Waals surface area contributed by atoms with Crippen molar-refractivity contribution in [2.75, 3.05) is 68.8 Å². The molecule has 5 aromatic carbocycles. The quantitative estimate of drug-likeness (QED) is 0.0189. The maximum atomic E-state index is 11.5. The van der Waals surface area contributed by atoms with Crippen LogP contribution in [0.1, 0.15) is 154 Å². The Morgan fingerprint density at radius 3 is 1.26 bits per heavy atom. The van der Waals surface area contributed by atoms with Crippen molar-refractivity contribution in [1.29, 1.82) is 0 Å². The van der Waals surface area contributed by atoms with E-state index in [0.29, 0.717) is 44.3 Å². The minimum Gasteiger partial charge on any atom is -0.366 e. The number of para-hydroxylation sites is 4. The number of hydrogen-bond donors (Lipinski definition) is 9. The first-order valence-electron chi connectivity index (χ1n) is 31.5. The Balaban J connectivity index is 0.000000172. The Kier molecular flexibility index (Phi) is 30.4. The number of thioether (sulfide) groups is 4. The minimum atomic E-state index is -0.438. The van der Waals surface area contributed by atoms with Crippen molar-refractivity contribution in [1.82, 2.24) is 55.0 Å². The number of aromatic amines is 4. The molecule has 19 nitrogen and oxygen atoms in total. The summed E-state index contributed by atoms with van der Waals surface area (Å²) < 4.78 is 0. The fourth-order valence-corrected chi connectivity index (χ4v) is 14.1. The number of nitrogens with zero attached hydrogens (tertiary/aromatic N) is 6. The zero-order chi connectivity index (χ0) is 63.5. The van der Waals surface area contributed by atoms with Gasteiger partial charge in [0.05, 0.1) is 67.3 Å². The van der Waals surface area contributed by atoms with E-state index in [1.165, 1.54) is 88.4 Å². The number of carbonyl (C=O) groups is 4. The van der Waals surface area contributed by atoms with E-state index in [4.69, 9.17) is 22.9 Å². The van der Waals surface area contributed by atoms with Gasteiger partial charge in [-0.1, -0.05) is 101 Å². The number of piperidine rings is 1. The molecule has 0 atom stereocenters. The highest BCUT2D eigenvalue weighted by atomic mass is 35.5. The first-order valence-corrected chi connectivity index (χ1v) is 36.1. The third-order valence-electron chi connectivity index (χ3n) is 15.5. The number of imidazole rings is 4. The molecule has 488 valence electrons. The van der Waals surface area contributed by atoms with Gasteiger partial charge in [-0.2, -0.15) is 47.0 Å². The summed E-state index contributed by atoms with van der Waals surface area (Å²) in [7, 11) is 0. The molecule has 0 unspecified atom stereocenters.